The summed E-state index contributed by atoms with van der Waals surface area (Å²) in [4.78, 5) is 36.7. The highest BCUT2D eigenvalue weighted by Gasteiger charge is 2.10. The smallest absolute Gasteiger partial charge is 0.273 e. The highest BCUT2D eigenvalue weighted by atomic mass is 16.2. The summed E-state index contributed by atoms with van der Waals surface area (Å²) in [5, 5.41) is 5.82. The van der Waals surface area contributed by atoms with E-state index >= 15 is 0 Å². The lowest BCUT2D eigenvalue weighted by atomic mass is 10.1. The zero-order valence-corrected chi connectivity index (χ0v) is 14.6. The normalized spacial score (nSPS) is 10.8. The molecule has 3 aromatic rings. The van der Waals surface area contributed by atoms with Crippen LogP contribution in [0.5, 0.6) is 0 Å². The first-order valence-corrected chi connectivity index (χ1v) is 8.69. The Morgan fingerprint density at radius 1 is 1.04 bits per heavy atom. The van der Waals surface area contributed by atoms with Crippen LogP contribution >= 0.6 is 0 Å². The van der Waals surface area contributed by atoms with Crippen molar-refractivity contribution in [1.82, 2.24) is 9.78 Å². The highest BCUT2D eigenvalue weighted by Crippen LogP contribution is 2.12. The van der Waals surface area contributed by atoms with Gasteiger partial charge in [-0.2, -0.15) is 0 Å². The molecule has 6 nitrogen and oxygen atoms in total. The molecule has 0 bridgehead atoms. The van der Waals surface area contributed by atoms with Gasteiger partial charge in [0.25, 0.3) is 11.1 Å². The standard InChI is InChI=1S/C20H21N3O3/c1-2-3-6-14-9-11-15(12-10-14)21-18(24)13-23-20(26)17-8-5-4-7-16(17)19(25)22-23/h4-5,7-12H,2-3,6,13H2,1H3,(H,21,24)(H,22,25). The summed E-state index contributed by atoms with van der Waals surface area (Å²) in [5.41, 5.74) is 1.09. The molecule has 26 heavy (non-hydrogen) atoms. The van der Waals surface area contributed by atoms with E-state index < -0.39 is 11.1 Å². The van der Waals surface area contributed by atoms with Crippen molar-refractivity contribution in [2.24, 2.45) is 0 Å². The summed E-state index contributed by atoms with van der Waals surface area (Å²) in [5.74, 6) is -0.376. The van der Waals surface area contributed by atoms with Gasteiger partial charge in [0.05, 0.1) is 10.8 Å². The maximum absolute atomic E-state index is 12.4. The lowest BCUT2D eigenvalue weighted by molar-refractivity contribution is -0.117. The third kappa shape index (κ3) is 3.91. The van der Waals surface area contributed by atoms with E-state index in [9.17, 15) is 14.4 Å². The number of nitrogens with zero attached hydrogens (tertiary/aromatic N) is 1. The molecule has 2 aromatic carbocycles. The van der Waals surface area contributed by atoms with E-state index in [4.69, 9.17) is 0 Å². The molecular formula is C20H21N3O3. The number of H-pyrrole nitrogens is 1. The third-order valence-corrected chi connectivity index (χ3v) is 4.24. The van der Waals surface area contributed by atoms with Gasteiger partial charge in [-0.05, 0) is 42.7 Å². The number of rotatable bonds is 6. The zero-order valence-electron chi connectivity index (χ0n) is 14.6. The van der Waals surface area contributed by atoms with Crippen LogP contribution in [0.4, 0.5) is 5.69 Å². The molecule has 0 saturated heterocycles. The first-order valence-electron chi connectivity index (χ1n) is 8.69. The van der Waals surface area contributed by atoms with E-state index in [0.717, 1.165) is 23.9 Å². The number of carbonyl (C=O) groups is 1. The van der Waals surface area contributed by atoms with E-state index in [1.807, 2.05) is 24.3 Å². The van der Waals surface area contributed by atoms with E-state index in [-0.39, 0.29) is 12.5 Å². The number of anilines is 1. The number of benzene rings is 2. The number of aromatic nitrogens is 2. The maximum Gasteiger partial charge on any atom is 0.273 e. The fourth-order valence-corrected chi connectivity index (χ4v) is 2.84. The lowest BCUT2D eigenvalue weighted by Gasteiger charge is -2.09. The minimum atomic E-state index is -0.398. The van der Waals surface area contributed by atoms with E-state index in [1.165, 1.54) is 5.56 Å². The average Bonchev–Trinajstić information content (AvgIpc) is 2.65. The number of fused-ring (bicyclic) bond motifs is 1. The summed E-state index contributed by atoms with van der Waals surface area (Å²) in [7, 11) is 0. The Kier molecular flexibility index (Phi) is 5.31. The predicted octanol–water partition coefficient (Wildman–Crippen LogP) is 2.67. The van der Waals surface area contributed by atoms with Gasteiger partial charge in [-0.25, -0.2) is 4.68 Å². The Balaban J connectivity index is 1.74. The van der Waals surface area contributed by atoms with Crippen molar-refractivity contribution < 1.29 is 4.79 Å². The molecule has 1 aromatic heterocycles. The summed E-state index contributed by atoms with van der Waals surface area (Å²) >= 11 is 0. The van der Waals surface area contributed by atoms with Crippen molar-refractivity contribution in [3.63, 3.8) is 0 Å². The van der Waals surface area contributed by atoms with Crippen LogP contribution in [0.3, 0.4) is 0 Å². The quantitative estimate of drug-likeness (QED) is 0.716. The predicted molar refractivity (Wildman–Crippen MR) is 103 cm³/mol. The fourth-order valence-electron chi connectivity index (χ4n) is 2.84. The van der Waals surface area contributed by atoms with Crippen LogP contribution in [-0.2, 0) is 17.8 Å². The molecule has 1 amide bonds. The molecular weight excluding hydrogens is 330 g/mol. The van der Waals surface area contributed by atoms with Gasteiger partial charge in [-0.1, -0.05) is 37.6 Å². The second-order valence-electron chi connectivity index (χ2n) is 6.23. The Hall–Kier alpha value is -3.15. The van der Waals surface area contributed by atoms with Crippen LogP contribution in [0.2, 0.25) is 0 Å². The number of hydrogen-bond acceptors (Lipinski definition) is 3. The summed E-state index contributed by atoms with van der Waals surface area (Å²) < 4.78 is 1.04. The largest absolute Gasteiger partial charge is 0.324 e. The highest BCUT2D eigenvalue weighted by molar-refractivity contribution is 5.90. The molecule has 0 aliphatic heterocycles. The van der Waals surface area contributed by atoms with Crippen LogP contribution in [0.25, 0.3) is 10.8 Å². The number of aryl methyl sites for hydroxylation is 1. The number of aromatic amines is 1. The van der Waals surface area contributed by atoms with Gasteiger partial charge in [-0.3, -0.25) is 19.5 Å². The van der Waals surface area contributed by atoms with Crippen LogP contribution in [-0.4, -0.2) is 15.7 Å². The SMILES string of the molecule is CCCCc1ccc(NC(=O)Cn2[nH]c(=O)c3ccccc3c2=O)cc1. The van der Waals surface area contributed by atoms with Gasteiger partial charge in [-0.15, -0.1) is 0 Å². The molecule has 3 rings (SSSR count). The molecule has 0 radical (unpaired) electrons. The Morgan fingerprint density at radius 3 is 2.42 bits per heavy atom. The molecule has 1 heterocycles. The van der Waals surface area contributed by atoms with Gasteiger partial charge >= 0.3 is 0 Å². The molecule has 0 atom stereocenters. The maximum atomic E-state index is 12.4. The first-order chi connectivity index (χ1) is 12.6. The van der Waals surface area contributed by atoms with Crippen LogP contribution < -0.4 is 16.4 Å². The van der Waals surface area contributed by atoms with Crippen LogP contribution in [0, 0.1) is 0 Å². The molecule has 2 N–H and O–H groups in total. The molecule has 0 spiro atoms. The molecule has 0 aliphatic rings. The number of amides is 1. The van der Waals surface area contributed by atoms with Gasteiger partial charge in [0.1, 0.15) is 6.54 Å². The van der Waals surface area contributed by atoms with Gasteiger partial charge in [0.15, 0.2) is 0 Å². The van der Waals surface area contributed by atoms with Crippen LogP contribution in [0.1, 0.15) is 25.3 Å². The fraction of sp³-hybridized carbons (Fsp3) is 0.250. The van der Waals surface area contributed by atoms with Gasteiger partial charge < -0.3 is 5.32 Å². The molecule has 0 saturated carbocycles. The van der Waals surface area contributed by atoms with Crippen molar-refractivity contribution in [2.45, 2.75) is 32.7 Å². The lowest BCUT2D eigenvalue weighted by Crippen LogP contribution is -2.34. The number of carbonyl (C=O) groups excluding carboxylic acids is 1. The van der Waals surface area contributed by atoms with Crippen LogP contribution in [0.15, 0.2) is 58.1 Å². The average molecular weight is 351 g/mol. The Bertz CT molecular complexity index is 1030. The van der Waals surface area contributed by atoms with E-state index in [0.29, 0.717) is 16.5 Å². The summed E-state index contributed by atoms with van der Waals surface area (Å²) in [6.45, 7) is 1.89. The van der Waals surface area contributed by atoms with E-state index in [1.54, 1.807) is 24.3 Å². The molecule has 134 valence electrons. The number of hydrogen-bond donors (Lipinski definition) is 2. The second kappa shape index (κ2) is 7.82. The monoisotopic (exact) mass is 351 g/mol. The number of unbranched alkanes of at least 4 members (excludes halogenated alkanes) is 1. The Labute approximate surface area is 150 Å². The minimum absolute atomic E-state index is 0.253. The first kappa shape index (κ1) is 17.7. The van der Waals surface area contributed by atoms with Crippen molar-refractivity contribution in [3.8, 4) is 0 Å². The van der Waals surface area contributed by atoms with E-state index in [2.05, 4.69) is 17.3 Å². The topological polar surface area (TPSA) is 84.0 Å². The van der Waals surface area contributed by atoms with Crippen molar-refractivity contribution in [1.29, 1.82) is 0 Å². The van der Waals surface area contributed by atoms with Gasteiger partial charge in [0.2, 0.25) is 5.91 Å². The van der Waals surface area contributed by atoms with Crippen molar-refractivity contribution >= 4 is 22.4 Å². The summed E-state index contributed by atoms with van der Waals surface area (Å²) in [6.07, 6.45) is 3.28. The van der Waals surface area contributed by atoms with Gasteiger partial charge in [0, 0.05) is 5.69 Å². The molecule has 0 fully saturated rings. The summed E-state index contributed by atoms with van der Waals surface area (Å²) in [6, 6.07) is 14.2. The third-order valence-electron chi connectivity index (χ3n) is 4.24. The molecule has 6 heteroatoms. The van der Waals surface area contributed by atoms with Crippen molar-refractivity contribution in [2.75, 3.05) is 5.32 Å². The zero-order chi connectivity index (χ0) is 18.5. The molecule has 0 aliphatic carbocycles. The minimum Gasteiger partial charge on any atom is -0.324 e. The Morgan fingerprint density at radius 2 is 1.73 bits per heavy atom. The second-order valence-corrected chi connectivity index (χ2v) is 6.23. The van der Waals surface area contributed by atoms with Crippen molar-refractivity contribution in [3.05, 3.63) is 74.8 Å². The number of nitrogens with one attached hydrogen (secondary N) is 2. The molecule has 0 unspecified atom stereocenters.